The Hall–Kier alpha value is -2.13. The van der Waals surface area contributed by atoms with Crippen molar-refractivity contribution in [2.45, 2.75) is 32.0 Å². The number of aryl methyl sites for hydroxylation is 1. The second-order valence-electron chi connectivity index (χ2n) is 6.54. The minimum absolute atomic E-state index is 0.0878. The highest BCUT2D eigenvalue weighted by Gasteiger charge is 2.33. The molecular weight excluding hydrogens is 381 g/mol. The van der Waals surface area contributed by atoms with Crippen molar-refractivity contribution in [2.75, 3.05) is 19.6 Å². The minimum atomic E-state index is -4.20. The number of alkyl halides is 3. The molecule has 0 atom stereocenters. The number of thiazole rings is 1. The van der Waals surface area contributed by atoms with Crippen molar-refractivity contribution in [1.82, 2.24) is 9.88 Å². The molecule has 27 heavy (non-hydrogen) atoms. The van der Waals surface area contributed by atoms with Crippen molar-refractivity contribution in [1.29, 1.82) is 0 Å². The molecule has 0 saturated carbocycles. The summed E-state index contributed by atoms with van der Waals surface area (Å²) in [5.41, 5.74) is 0.738. The number of ether oxygens (including phenoxy) is 1. The number of rotatable bonds is 5. The van der Waals surface area contributed by atoms with Gasteiger partial charge < -0.3 is 9.84 Å². The van der Waals surface area contributed by atoms with Crippen LogP contribution in [0.5, 0.6) is 5.75 Å². The summed E-state index contributed by atoms with van der Waals surface area (Å²) in [7, 11) is 0. The second-order valence-corrected chi connectivity index (χ2v) is 7.77. The van der Waals surface area contributed by atoms with Gasteiger partial charge in [0, 0.05) is 29.7 Å². The Kier molecular flexibility index (Phi) is 5.71. The quantitative estimate of drug-likeness (QED) is 0.814. The fraction of sp³-hybridized carbons (Fsp3) is 0.444. The largest absolute Gasteiger partial charge is 0.490 e. The van der Waals surface area contributed by atoms with E-state index < -0.39 is 18.7 Å². The van der Waals surface area contributed by atoms with Gasteiger partial charge in [0.2, 0.25) is 0 Å². The third-order valence-corrected chi connectivity index (χ3v) is 5.22. The number of hydrogen-bond donors (Lipinski definition) is 1. The number of aromatic nitrogens is 1. The van der Waals surface area contributed by atoms with Crippen molar-refractivity contribution in [3.8, 4) is 16.3 Å². The van der Waals surface area contributed by atoms with Crippen LogP contribution in [-0.2, 0) is 0 Å². The minimum Gasteiger partial charge on any atom is -0.490 e. The van der Waals surface area contributed by atoms with Crippen LogP contribution in [-0.4, -0.2) is 52.9 Å². The van der Waals surface area contributed by atoms with Crippen LogP contribution in [0.1, 0.15) is 28.1 Å². The third kappa shape index (κ3) is 5.43. The molecule has 146 valence electrons. The average molecular weight is 400 g/mol. The lowest BCUT2D eigenvalue weighted by atomic mass is 10.1. The summed E-state index contributed by atoms with van der Waals surface area (Å²) in [6.07, 6.45) is -1.82. The SMILES string of the molecule is Cc1cnc(-c2cc(OC3CCN(CC(F)(F)F)CC3)cc(C(=O)O)c2)s1. The summed E-state index contributed by atoms with van der Waals surface area (Å²) in [4.78, 5) is 18.1. The van der Waals surface area contributed by atoms with E-state index >= 15 is 0 Å². The van der Waals surface area contributed by atoms with Gasteiger partial charge >= 0.3 is 12.1 Å². The van der Waals surface area contributed by atoms with Crippen LogP contribution in [0.15, 0.2) is 24.4 Å². The zero-order valence-electron chi connectivity index (χ0n) is 14.6. The van der Waals surface area contributed by atoms with Crippen molar-refractivity contribution < 1.29 is 27.8 Å². The predicted molar refractivity (Wildman–Crippen MR) is 95.4 cm³/mol. The normalized spacial score (nSPS) is 16.4. The first kappa shape index (κ1) is 19.6. The molecule has 1 saturated heterocycles. The van der Waals surface area contributed by atoms with Gasteiger partial charge in [-0.05, 0) is 38.0 Å². The summed E-state index contributed by atoms with van der Waals surface area (Å²) in [5.74, 6) is -0.679. The number of hydrogen-bond acceptors (Lipinski definition) is 5. The first-order valence-electron chi connectivity index (χ1n) is 8.46. The van der Waals surface area contributed by atoms with Crippen molar-refractivity contribution in [3.63, 3.8) is 0 Å². The fourth-order valence-electron chi connectivity index (χ4n) is 3.03. The van der Waals surface area contributed by atoms with E-state index in [1.165, 1.54) is 22.3 Å². The van der Waals surface area contributed by atoms with Gasteiger partial charge in [-0.2, -0.15) is 13.2 Å². The van der Waals surface area contributed by atoms with Crippen LogP contribution in [0.4, 0.5) is 13.2 Å². The topological polar surface area (TPSA) is 62.7 Å². The molecule has 0 aliphatic carbocycles. The Morgan fingerprint density at radius 1 is 1.33 bits per heavy atom. The van der Waals surface area contributed by atoms with E-state index in [1.54, 1.807) is 18.3 Å². The molecule has 1 N–H and O–H groups in total. The summed E-state index contributed by atoms with van der Waals surface area (Å²) in [6, 6.07) is 4.71. The van der Waals surface area contributed by atoms with Crippen LogP contribution < -0.4 is 4.74 Å². The number of piperidine rings is 1. The van der Waals surface area contributed by atoms with Crippen molar-refractivity contribution in [2.24, 2.45) is 0 Å². The smallest absolute Gasteiger partial charge is 0.401 e. The van der Waals surface area contributed by atoms with Crippen LogP contribution >= 0.6 is 11.3 Å². The second kappa shape index (κ2) is 7.85. The van der Waals surface area contributed by atoms with E-state index in [1.807, 2.05) is 6.92 Å². The van der Waals surface area contributed by atoms with Gasteiger partial charge in [0.1, 0.15) is 16.9 Å². The molecule has 1 aromatic carbocycles. The van der Waals surface area contributed by atoms with Crippen molar-refractivity contribution in [3.05, 3.63) is 34.8 Å². The Balaban J connectivity index is 1.71. The number of likely N-dealkylation sites (tertiary alicyclic amines) is 1. The zero-order valence-corrected chi connectivity index (χ0v) is 15.4. The van der Waals surface area contributed by atoms with Crippen LogP contribution in [0.3, 0.4) is 0 Å². The molecule has 2 aromatic rings. The highest BCUT2D eigenvalue weighted by atomic mass is 32.1. The molecule has 3 rings (SSSR count). The summed E-state index contributed by atoms with van der Waals surface area (Å²) >= 11 is 1.45. The van der Waals surface area contributed by atoms with E-state index in [2.05, 4.69) is 4.98 Å². The molecule has 0 radical (unpaired) electrons. The third-order valence-electron chi connectivity index (χ3n) is 4.26. The summed E-state index contributed by atoms with van der Waals surface area (Å²) < 4.78 is 43.3. The lowest BCUT2D eigenvalue weighted by Crippen LogP contribution is -2.42. The number of carbonyl (C=O) groups is 1. The molecule has 0 spiro atoms. The predicted octanol–water partition coefficient (Wildman–Crippen LogP) is 4.22. The maximum Gasteiger partial charge on any atom is 0.401 e. The summed E-state index contributed by atoms with van der Waals surface area (Å²) in [6.45, 7) is 1.58. The highest BCUT2D eigenvalue weighted by molar-refractivity contribution is 7.14. The number of halogens is 3. The molecule has 0 bridgehead atoms. The maximum atomic E-state index is 12.5. The zero-order chi connectivity index (χ0) is 19.6. The average Bonchev–Trinajstić information content (AvgIpc) is 3.01. The molecule has 9 heteroatoms. The first-order valence-corrected chi connectivity index (χ1v) is 9.28. The number of carboxylic acids is 1. The first-order chi connectivity index (χ1) is 12.7. The number of nitrogens with zero attached hydrogens (tertiary/aromatic N) is 2. The number of benzene rings is 1. The monoisotopic (exact) mass is 400 g/mol. The van der Waals surface area contributed by atoms with Gasteiger partial charge in [-0.3, -0.25) is 4.90 Å². The van der Waals surface area contributed by atoms with Gasteiger partial charge in [-0.15, -0.1) is 11.3 Å². The highest BCUT2D eigenvalue weighted by Crippen LogP contribution is 2.31. The van der Waals surface area contributed by atoms with Crippen LogP contribution in [0, 0.1) is 6.92 Å². The Morgan fingerprint density at radius 2 is 2.04 bits per heavy atom. The van der Waals surface area contributed by atoms with Gasteiger partial charge in [0.25, 0.3) is 0 Å². The molecule has 5 nitrogen and oxygen atoms in total. The Morgan fingerprint density at radius 3 is 2.59 bits per heavy atom. The molecule has 1 aromatic heterocycles. The fourth-order valence-corrected chi connectivity index (χ4v) is 3.78. The van der Waals surface area contributed by atoms with Crippen LogP contribution in [0.2, 0.25) is 0 Å². The van der Waals surface area contributed by atoms with E-state index in [4.69, 9.17) is 4.74 Å². The Bertz CT molecular complexity index is 814. The standard InChI is InChI=1S/C18H19F3N2O3S/c1-11-9-22-16(27-11)12-6-13(17(24)25)8-15(7-12)26-14-2-4-23(5-3-14)10-18(19,20)21/h6-9,14H,2-5,10H2,1H3,(H,24,25). The van der Waals surface area contributed by atoms with Gasteiger partial charge in [-0.25, -0.2) is 9.78 Å². The van der Waals surface area contributed by atoms with Gasteiger partial charge in [-0.1, -0.05) is 0 Å². The van der Waals surface area contributed by atoms with E-state index in [-0.39, 0.29) is 11.7 Å². The molecular formula is C18H19F3N2O3S. The van der Waals surface area contributed by atoms with Crippen LogP contribution in [0.25, 0.3) is 10.6 Å². The van der Waals surface area contributed by atoms with E-state index in [0.29, 0.717) is 42.3 Å². The lowest BCUT2D eigenvalue weighted by molar-refractivity contribution is -0.149. The lowest BCUT2D eigenvalue weighted by Gasteiger charge is -2.32. The number of carboxylic acid groups (broad SMARTS) is 1. The maximum absolute atomic E-state index is 12.5. The summed E-state index contributed by atoms with van der Waals surface area (Å²) in [5, 5.41) is 10.0. The van der Waals surface area contributed by atoms with Gasteiger partial charge in [0.15, 0.2) is 0 Å². The molecule has 1 aliphatic heterocycles. The molecule has 1 fully saturated rings. The molecule has 0 amide bonds. The molecule has 2 heterocycles. The van der Waals surface area contributed by atoms with E-state index in [0.717, 1.165) is 4.88 Å². The molecule has 0 unspecified atom stereocenters. The van der Waals surface area contributed by atoms with Crippen molar-refractivity contribution >= 4 is 17.3 Å². The molecule has 1 aliphatic rings. The van der Waals surface area contributed by atoms with Gasteiger partial charge in [0.05, 0.1) is 12.1 Å². The Labute approximate surface area is 158 Å². The number of aromatic carboxylic acids is 1. The van der Waals surface area contributed by atoms with E-state index in [9.17, 15) is 23.1 Å².